The molecule has 6 nitrogen and oxygen atoms in total. The second-order valence-corrected chi connectivity index (χ2v) is 3.81. The van der Waals surface area contributed by atoms with Crippen LogP contribution in [0.2, 0.25) is 0 Å². The zero-order chi connectivity index (χ0) is 14.4. The van der Waals surface area contributed by atoms with Crippen LogP contribution in [-0.4, -0.2) is 41.8 Å². The molecule has 1 amide bonds. The van der Waals surface area contributed by atoms with Crippen LogP contribution in [0, 0.1) is 5.82 Å². The van der Waals surface area contributed by atoms with Crippen LogP contribution in [0.5, 0.6) is 5.75 Å². The van der Waals surface area contributed by atoms with Gasteiger partial charge in [0.2, 0.25) is 0 Å². The highest BCUT2D eigenvalue weighted by molar-refractivity contribution is 5.98. The highest BCUT2D eigenvalue weighted by atomic mass is 19.1. The van der Waals surface area contributed by atoms with Gasteiger partial charge >= 0.3 is 5.97 Å². The number of carbonyl (C=O) groups is 2. The summed E-state index contributed by atoms with van der Waals surface area (Å²) in [5, 5.41) is 20.5. The van der Waals surface area contributed by atoms with Gasteiger partial charge in [0.15, 0.2) is 0 Å². The molecule has 7 heteroatoms. The number of nitrogens with one attached hydrogen (secondary N) is 1. The molecule has 0 aliphatic heterocycles. The number of hydrogen-bond donors (Lipinski definition) is 3. The smallest absolute Gasteiger partial charge is 0.326 e. The topological polar surface area (TPSA) is 95.9 Å². The lowest BCUT2D eigenvalue weighted by molar-refractivity contribution is -0.139. The van der Waals surface area contributed by atoms with Gasteiger partial charge in [-0.25, -0.2) is 9.18 Å². The number of aromatic hydroxyl groups is 1. The van der Waals surface area contributed by atoms with E-state index in [0.717, 1.165) is 18.2 Å². The Balaban J connectivity index is 2.81. The number of methoxy groups -OCH3 is 1. The fourth-order valence-corrected chi connectivity index (χ4v) is 1.42. The summed E-state index contributed by atoms with van der Waals surface area (Å²) < 4.78 is 17.7. The van der Waals surface area contributed by atoms with E-state index in [1.54, 1.807) is 0 Å². The van der Waals surface area contributed by atoms with Crippen molar-refractivity contribution in [3.8, 4) is 5.75 Å². The summed E-state index contributed by atoms with van der Waals surface area (Å²) >= 11 is 0. The molecule has 0 aliphatic rings. The highest BCUT2D eigenvalue weighted by Crippen LogP contribution is 2.17. The van der Waals surface area contributed by atoms with Crippen LogP contribution in [-0.2, 0) is 9.53 Å². The van der Waals surface area contributed by atoms with Gasteiger partial charge in [0.05, 0.1) is 5.56 Å². The minimum atomic E-state index is -1.23. The van der Waals surface area contributed by atoms with Gasteiger partial charge < -0.3 is 20.3 Å². The van der Waals surface area contributed by atoms with E-state index in [1.165, 1.54) is 7.11 Å². The van der Waals surface area contributed by atoms with E-state index >= 15 is 0 Å². The number of rotatable bonds is 6. The number of phenolic OH excluding ortho intramolecular Hbond substituents is 1. The second-order valence-electron chi connectivity index (χ2n) is 3.81. The standard InChI is InChI=1S/C12H14FNO5/c1-19-5-4-9(12(17)18)14-11(16)8-6-7(13)2-3-10(8)15/h2-3,6,9,15H,4-5H2,1H3,(H,14,16)(H,17,18). The van der Waals surface area contributed by atoms with E-state index in [4.69, 9.17) is 9.84 Å². The lowest BCUT2D eigenvalue weighted by Gasteiger charge is -2.14. The lowest BCUT2D eigenvalue weighted by Crippen LogP contribution is -2.41. The molecule has 104 valence electrons. The van der Waals surface area contributed by atoms with Crippen molar-refractivity contribution in [3.63, 3.8) is 0 Å². The third-order valence-corrected chi connectivity index (χ3v) is 2.42. The van der Waals surface area contributed by atoms with Crippen LogP contribution < -0.4 is 5.32 Å². The SMILES string of the molecule is COCCC(NC(=O)c1cc(F)ccc1O)C(=O)O. The molecule has 0 saturated carbocycles. The maximum absolute atomic E-state index is 13.0. The van der Waals surface area contributed by atoms with Crippen molar-refractivity contribution >= 4 is 11.9 Å². The molecule has 1 aromatic carbocycles. The van der Waals surface area contributed by atoms with Crippen LogP contribution in [0.1, 0.15) is 16.8 Å². The van der Waals surface area contributed by atoms with Gasteiger partial charge in [0, 0.05) is 20.1 Å². The summed E-state index contributed by atoms with van der Waals surface area (Å²) in [5.74, 6) is -3.22. The number of aliphatic carboxylic acids is 1. The van der Waals surface area contributed by atoms with Gasteiger partial charge in [-0.1, -0.05) is 0 Å². The minimum absolute atomic E-state index is 0.0631. The number of amides is 1. The Hall–Kier alpha value is -2.15. The number of halogens is 1. The third-order valence-electron chi connectivity index (χ3n) is 2.42. The molecule has 1 aromatic rings. The Labute approximate surface area is 108 Å². The number of hydrogen-bond acceptors (Lipinski definition) is 4. The van der Waals surface area contributed by atoms with Crippen molar-refractivity contribution in [2.24, 2.45) is 0 Å². The first-order valence-corrected chi connectivity index (χ1v) is 5.46. The van der Waals surface area contributed by atoms with Crippen LogP contribution in [0.15, 0.2) is 18.2 Å². The van der Waals surface area contributed by atoms with Crippen molar-refractivity contribution in [3.05, 3.63) is 29.6 Å². The molecule has 0 radical (unpaired) electrons. The quantitative estimate of drug-likeness (QED) is 0.709. The Morgan fingerprint density at radius 3 is 2.74 bits per heavy atom. The number of carboxylic acid groups (broad SMARTS) is 1. The molecule has 1 unspecified atom stereocenters. The molecule has 1 atom stereocenters. The largest absolute Gasteiger partial charge is 0.507 e. The zero-order valence-electron chi connectivity index (χ0n) is 10.2. The number of carboxylic acids is 1. The summed E-state index contributed by atoms with van der Waals surface area (Å²) in [6, 6.07) is 1.68. The summed E-state index contributed by atoms with van der Waals surface area (Å²) in [6.45, 7) is 0.145. The Morgan fingerprint density at radius 1 is 1.47 bits per heavy atom. The molecule has 3 N–H and O–H groups in total. The Morgan fingerprint density at radius 2 is 2.16 bits per heavy atom. The lowest BCUT2D eigenvalue weighted by atomic mass is 10.1. The number of ether oxygens (including phenoxy) is 1. The first-order chi connectivity index (χ1) is 8.95. The van der Waals surface area contributed by atoms with Crippen molar-refractivity contribution in [2.75, 3.05) is 13.7 Å². The maximum atomic E-state index is 13.0. The van der Waals surface area contributed by atoms with E-state index in [9.17, 15) is 19.1 Å². The van der Waals surface area contributed by atoms with Crippen molar-refractivity contribution in [1.29, 1.82) is 0 Å². The van der Waals surface area contributed by atoms with Crippen LogP contribution in [0.4, 0.5) is 4.39 Å². The Bertz CT molecular complexity index is 477. The van der Waals surface area contributed by atoms with Gasteiger partial charge in [-0.15, -0.1) is 0 Å². The fraction of sp³-hybridized carbons (Fsp3) is 0.333. The number of benzene rings is 1. The first kappa shape index (κ1) is 14.9. The van der Waals surface area contributed by atoms with E-state index in [1.807, 2.05) is 0 Å². The zero-order valence-corrected chi connectivity index (χ0v) is 10.2. The molecular formula is C12H14FNO5. The predicted molar refractivity (Wildman–Crippen MR) is 63.4 cm³/mol. The molecule has 0 fully saturated rings. The second kappa shape index (κ2) is 6.69. The average Bonchev–Trinajstić information content (AvgIpc) is 2.36. The summed E-state index contributed by atoms with van der Waals surface area (Å²) in [7, 11) is 1.40. The van der Waals surface area contributed by atoms with E-state index in [2.05, 4.69) is 5.32 Å². The summed E-state index contributed by atoms with van der Waals surface area (Å²) in [4.78, 5) is 22.7. The number of carbonyl (C=O) groups excluding carboxylic acids is 1. The van der Waals surface area contributed by atoms with Gasteiger partial charge in [0.25, 0.3) is 5.91 Å². The van der Waals surface area contributed by atoms with Gasteiger partial charge in [0.1, 0.15) is 17.6 Å². The van der Waals surface area contributed by atoms with E-state index in [0.29, 0.717) is 0 Å². The molecule has 0 spiro atoms. The molecule has 0 bridgehead atoms. The molecule has 19 heavy (non-hydrogen) atoms. The van der Waals surface area contributed by atoms with Gasteiger partial charge in [-0.2, -0.15) is 0 Å². The van der Waals surface area contributed by atoms with Crippen LogP contribution >= 0.6 is 0 Å². The van der Waals surface area contributed by atoms with Gasteiger partial charge in [-0.05, 0) is 18.2 Å². The summed E-state index contributed by atoms with van der Waals surface area (Å²) in [5.41, 5.74) is -0.316. The van der Waals surface area contributed by atoms with Crippen molar-refractivity contribution in [1.82, 2.24) is 5.32 Å². The molecule has 0 saturated heterocycles. The fourth-order valence-electron chi connectivity index (χ4n) is 1.42. The van der Waals surface area contributed by atoms with Crippen LogP contribution in [0.25, 0.3) is 0 Å². The first-order valence-electron chi connectivity index (χ1n) is 5.46. The normalized spacial score (nSPS) is 11.9. The number of phenols is 1. The van der Waals surface area contributed by atoms with Crippen molar-refractivity contribution < 1.29 is 28.9 Å². The van der Waals surface area contributed by atoms with Crippen LogP contribution in [0.3, 0.4) is 0 Å². The Kier molecular flexibility index (Phi) is 5.25. The predicted octanol–water partition coefficient (Wildman–Crippen LogP) is 0.751. The maximum Gasteiger partial charge on any atom is 0.326 e. The molecule has 0 aliphatic carbocycles. The molecule has 0 heterocycles. The highest BCUT2D eigenvalue weighted by Gasteiger charge is 2.22. The minimum Gasteiger partial charge on any atom is -0.507 e. The monoisotopic (exact) mass is 271 g/mol. The van der Waals surface area contributed by atoms with Crippen molar-refractivity contribution in [2.45, 2.75) is 12.5 Å². The third kappa shape index (κ3) is 4.22. The molecular weight excluding hydrogens is 257 g/mol. The molecule has 1 rings (SSSR count). The van der Waals surface area contributed by atoms with E-state index in [-0.39, 0.29) is 18.6 Å². The average molecular weight is 271 g/mol. The molecule has 0 aromatic heterocycles. The van der Waals surface area contributed by atoms with Gasteiger partial charge in [-0.3, -0.25) is 4.79 Å². The van der Waals surface area contributed by atoms with E-state index < -0.39 is 29.5 Å². The summed E-state index contributed by atoms with van der Waals surface area (Å²) in [6.07, 6.45) is 0.0631.